The summed E-state index contributed by atoms with van der Waals surface area (Å²) in [6, 6.07) is 27.7. The Morgan fingerprint density at radius 3 is 2.25 bits per heavy atom. The lowest BCUT2D eigenvalue weighted by molar-refractivity contribution is -0.0177. The molecule has 3 aromatic rings. The number of hydrogen-bond donors (Lipinski definition) is 1. The summed E-state index contributed by atoms with van der Waals surface area (Å²) in [7, 11) is 0. The lowest BCUT2D eigenvalue weighted by Gasteiger charge is -2.27. The molecule has 1 atom stereocenters. The Labute approximate surface area is 172 Å². The number of benzene rings is 3. The maximum atomic E-state index is 9.72. The van der Waals surface area contributed by atoms with Gasteiger partial charge in [0.2, 0.25) is 0 Å². The van der Waals surface area contributed by atoms with Gasteiger partial charge in [-0.1, -0.05) is 99.0 Å². The van der Waals surface area contributed by atoms with Crippen LogP contribution in [-0.2, 0) is 10.4 Å². The molecule has 0 radical (unpaired) electrons. The second kappa shape index (κ2) is 7.98. The van der Waals surface area contributed by atoms with Crippen LogP contribution in [0.1, 0.15) is 29.5 Å². The van der Waals surface area contributed by atoms with Crippen LogP contribution in [0, 0.1) is 0 Å². The molecular formula is C23H19BrN2O2. The zero-order valence-electron chi connectivity index (χ0n) is 15.1. The highest BCUT2D eigenvalue weighted by atomic mass is 79.9. The van der Waals surface area contributed by atoms with Crippen molar-refractivity contribution in [3.8, 4) is 0 Å². The number of nitrogens with zero attached hydrogens (tertiary/aromatic N) is 2. The molecule has 1 aliphatic rings. The summed E-state index contributed by atoms with van der Waals surface area (Å²) in [5, 5.41) is 17.7. The predicted octanol–water partition coefficient (Wildman–Crippen LogP) is 5.74. The molecule has 0 aromatic heterocycles. The van der Waals surface area contributed by atoms with Crippen LogP contribution < -0.4 is 0 Å². The Bertz CT molecular complexity index is 1000. The highest BCUT2D eigenvalue weighted by Gasteiger charge is 2.43. The minimum absolute atomic E-state index is 0.398. The first-order chi connectivity index (χ1) is 13.7. The fourth-order valence-electron chi connectivity index (χ4n) is 3.46. The lowest BCUT2D eigenvalue weighted by Crippen LogP contribution is -2.30. The monoisotopic (exact) mass is 434 g/mol. The van der Waals surface area contributed by atoms with Crippen molar-refractivity contribution >= 4 is 27.4 Å². The van der Waals surface area contributed by atoms with E-state index in [1.165, 1.54) is 0 Å². The summed E-state index contributed by atoms with van der Waals surface area (Å²) in [5.74, 6) is 0. The van der Waals surface area contributed by atoms with Crippen LogP contribution in [0.15, 0.2) is 99.7 Å². The van der Waals surface area contributed by atoms with Gasteiger partial charge in [0.15, 0.2) is 5.60 Å². The molecule has 4 rings (SSSR count). The minimum atomic E-state index is -0.733. The largest absolute Gasteiger partial charge is 0.411 e. The number of rotatable bonds is 5. The van der Waals surface area contributed by atoms with Crippen LogP contribution in [0.3, 0.4) is 0 Å². The van der Waals surface area contributed by atoms with Crippen LogP contribution in [0.4, 0.5) is 0 Å². The molecule has 1 N–H and O–H groups in total. The van der Waals surface area contributed by atoms with Gasteiger partial charge in [0.05, 0.1) is 11.4 Å². The first-order valence-corrected chi connectivity index (χ1v) is 9.82. The summed E-state index contributed by atoms with van der Waals surface area (Å²) in [6.45, 7) is 0. The number of halogens is 1. The lowest BCUT2D eigenvalue weighted by atomic mass is 9.82. The molecule has 3 aromatic carbocycles. The van der Waals surface area contributed by atoms with Crippen molar-refractivity contribution in [2.45, 2.75) is 18.4 Å². The van der Waals surface area contributed by atoms with Crippen molar-refractivity contribution < 1.29 is 10.0 Å². The van der Waals surface area contributed by atoms with E-state index in [0.717, 1.165) is 26.9 Å². The summed E-state index contributed by atoms with van der Waals surface area (Å²) < 4.78 is 0.993. The van der Waals surface area contributed by atoms with E-state index in [4.69, 9.17) is 4.84 Å². The van der Waals surface area contributed by atoms with Crippen LogP contribution >= 0.6 is 15.9 Å². The van der Waals surface area contributed by atoms with Crippen molar-refractivity contribution in [1.29, 1.82) is 0 Å². The molecule has 0 aliphatic carbocycles. The van der Waals surface area contributed by atoms with Crippen LogP contribution in [0.5, 0.6) is 0 Å². The van der Waals surface area contributed by atoms with Crippen molar-refractivity contribution in [3.63, 3.8) is 0 Å². The summed E-state index contributed by atoms with van der Waals surface area (Å²) in [5.41, 5.74) is 3.59. The van der Waals surface area contributed by atoms with Gasteiger partial charge in [-0.05, 0) is 28.8 Å². The smallest absolute Gasteiger partial charge is 0.174 e. The molecule has 1 unspecified atom stereocenters. The van der Waals surface area contributed by atoms with Gasteiger partial charge < -0.3 is 10.0 Å². The molecule has 1 heterocycles. The van der Waals surface area contributed by atoms with Crippen LogP contribution in [-0.4, -0.2) is 16.6 Å². The van der Waals surface area contributed by atoms with Gasteiger partial charge in [0.1, 0.15) is 0 Å². The van der Waals surface area contributed by atoms with Crippen molar-refractivity contribution in [1.82, 2.24) is 0 Å². The molecule has 0 bridgehead atoms. The Hall–Kier alpha value is -2.92. The molecule has 0 saturated heterocycles. The van der Waals surface area contributed by atoms with Crippen LogP contribution in [0.25, 0.3) is 0 Å². The number of oxime groups is 2. The molecule has 28 heavy (non-hydrogen) atoms. The van der Waals surface area contributed by atoms with Crippen molar-refractivity contribution in [2.75, 3.05) is 0 Å². The fourth-order valence-corrected chi connectivity index (χ4v) is 3.73. The van der Waals surface area contributed by atoms with E-state index in [9.17, 15) is 5.21 Å². The molecule has 5 heteroatoms. The maximum Gasteiger partial charge on any atom is 0.174 e. The zero-order chi connectivity index (χ0) is 19.4. The Kier molecular flexibility index (Phi) is 5.26. The Morgan fingerprint density at radius 1 is 0.964 bits per heavy atom. The molecule has 140 valence electrons. The SMILES string of the molecule is O/N=C(/CC1(c2ccc(Br)cc2)CC(c2ccccc2)=NO1)c1ccccc1. The normalized spacial score (nSPS) is 19.2. The molecular weight excluding hydrogens is 416 g/mol. The third-order valence-corrected chi connectivity index (χ3v) is 5.47. The van der Waals surface area contributed by atoms with E-state index in [2.05, 4.69) is 26.2 Å². The first-order valence-electron chi connectivity index (χ1n) is 9.03. The van der Waals surface area contributed by atoms with E-state index >= 15 is 0 Å². The Morgan fingerprint density at radius 2 is 1.61 bits per heavy atom. The van der Waals surface area contributed by atoms with E-state index in [-0.39, 0.29) is 0 Å². The van der Waals surface area contributed by atoms with E-state index < -0.39 is 5.60 Å². The molecule has 1 aliphatic heterocycles. The summed E-state index contributed by atoms with van der Waals surface area (Å²) >= 11 is 3.49. The second-order valence-corrected chi connectivity index (χ2v) is 7.68. The quantitative estimate of drug-likeness (QED) is 0.316. The van der Waals surface area contributed by atoms with Gasteiger partial charge >= 0.3 is 0 Å². The molecule has 4 nitrogen and oxygen atoms in total. The predicted molar refractivity (Wildman–Crippen MR) is 114 cm³/mol. The standard InChI is InChI=1S/C23H19BrN2O2/c24-20-13-11-19(12-14-20)23(15-21(25-27)17-7-3-1-4-8-17)16-22(26-28-23)18-9-5-2-6-10-18/h1-14,27H,15-16H2/b25-21-. The summed E-state index contributed by atoms with van der Waals surface area (Å²) in [6.07, 6.45) is 0.986. The topological polar surface area (TPSA) is 54.2 Å². The number of hydrogen-bond acceptors (Lipinski definition) is 4. The van der Waals surface area contributed by atoms with E-state index in [0.29, 0.717) is 18.6 Å². The van der Waals surface area contributed by atoms with E-state index in [1.807, 2.05) is 84.9 Å². The zero-order valence-corrected chi connectivity index (χ0v) is 16.7. The van der Waals surface area contributed by atoms with Crippen molar-refractivity contribution in [2.24, 2.45) is 10.3 Å². The van der Waals surface area contributed by atoms with Gasteiger partial charge in [-0.3, -0.25) is 0 Å². The van der Waals surface area contributed by atoms with Gasteiger partial charge in [-0.15, -0.1) is 0 Å². The molecule has 0 fully saturated rings. The van der Waals surface area contributed by atoms with Gasteiger partial charge in [-0.25, -0.2) is 0 Å². The van der Waals surface area contributed by atoms with Gasteiger partial charge in [-0.2, -0.15) is 0 Å². The summed E-state index contributed by atoms with van der Waals surface area (Å²) in [4.78, 5) is 6.07. The van der Waals surface area contributed by atoms with Crippen molar-refractivity contribution in [3.05, 3.63) is 106 Å². The minimum Gasteiger partial charge on any atom is -0.411 e. The third kappa shape index (κ3) is 3.71. The molecule has 0 saturated carbocycles. The average molecular weight is 435 g/mol. The highest BCUT2D eigenvalue weighted by molar-refractivity contribution is 9.10. The van der Waals surface area contributed by atoms with E-state index in [1.54, 1.807) is 0 Å². The average Bonchev–Trinajstić information content (AvgIpc) is 3.19. The Balaban J connectivity index is 1.70. The third-order valence-electron chi connectivity index (χ3n) is 4.94. The van der Waals surface area contributed by atoms with Gasteiger partial charge in [0.25, 0.3) is 0 Å². The van der Waals surface area contributed by atoms with Crippen LogP contribution in [0.2, 0.25) is 0 Å². The fraction of sp³-hybridized carbons (Fsp3) is 0.130. The second-order valence-electron chi connectivity index (χ2n) is 6.76. The van der Waals surface area contributed by atoms with Gasteiger partial charge in [0, 0.05) is 17.3 Å². The highest BCUT2D eigenvalue weighted by Crippen LogP contribution is 2.41. The molecule has 0 amide bonds. The molecule has 0 spiro atoms. The first kappa shape index (κ1) is 18.4. The maximum absolute atomic E-state index is 9.72.